The number of carbonyl (C=O) groups excluding carboxylic acids is 1. The molecule has 0 aliphatic carbocycles. The van der Waals surface area contributed by atoms with Crippen molar-refractivity contribution in [1.82, 2.24) is 0 Å². The molecule has 0 unspecified atom stereocenters. The first-order valence-corrected chi connectivity index (χ1v) is 7.25. The predicted octanol–water partition coefficient (Wildman–Crippen LogP) is 4.34. The zero-order chi connectivity index (χ0) is 15.7. The van der Waals surface area contributed by atoms with E-state index in [1.165, 1.54) is 0 Å². The number of benzene rings is 1. The van der Waals surface area contributed by atoms with Crippen molar-refractivity contribution in [3.8, 4) is 0 Å². The van der Waals surface area contributed by atoms with Crippen molar-refractivity contribution in [3.05, 3.63) is 78.0 Å². The van der Waals surface area contributed by atoms with Crippen LogP contribution in [0.1, 0.15) is 31.1 Å². The Balaban J connectivity index is 2.02. The summed E-state index contributed by atoms with van der Waals surface area (Å²) in [6, 6.07) is 13.6. The number of hydrogen-bond donors (Lipinski definition) is 0. The summed E-state index contributed by atoms with van der Waals surface area (Å²) in [7, 11) is 0. The van der Waals surface area contributed by atoms with Crippen LogP contribution in [0, 0.1) is 0 Å². The number of rotatable bonds is 4. The number of hydrogen-bond acceptors (Lipinski definition) is 3. The average molecular weight is 294 g/mol. The molecule has 112 valence electrons. The highest BCUT2D eigenvalue weighted by Gasteiger charge is 2.41. The maximum atomic E-state index is 12.1. The Labute approximate surface area is 129 Å². The standard InChI is InChI=1S/C19H18O3/c1-12(15-8-5-4-6-9-15)19-18(16-10-7-11-21-16)17(13(2)20)14(3)22-19/h4-11,18-19H,1H2,2-3H3/t18-,19+/m0/s1. The summed E-state index contributed by atoms with van der Waals surface area (Å²) in [6.07, 6.45) is 1.29. The maximum Gasteiger partial charge on any atom is 0.160 e. The minimum Gasteiger partial charge on any atom is -0.489 e. The summed E-state index contributed by atoms with van der Waals surface area (Å²) in [5, 5.41) is 0. The van der Waals surface area contributed by atoms with Gasteiger partial charge in [-0.2, -0.15) is 0 Å². The van der Waals surface area contributed by atoms with Crippen LogP contribution in [0.2, 0.25) is 0 Å². The lowest BCUT2D eigenvalue weighted by atomic mass is 9.85. The predicted molar refractivity (Wildman–Crippen MR) is 85.2 cm³/mol. The Morgan fingerprint density at radius 3 is 2.45 bits per heavy atom. The lowest BCUT2D eigenvalue weighted by Gasteiger charge is -2.21. The highest BCUT2D eigenvalue weighted by Crippen LogP contribution is 2.44. The maximum absolute atomic E-state index is 12.1. The third-order valence-corrected chi connectivity index (χ3v) is 4.01. The van der Waals surface area contributed by atoms with E-state index in [0.29, 0.717) is 11.3 Å². The molecular weight excluding hydrogens is 276 g/mol. The minimum absolute atomic E-state index is 0.00209. The van der Waals surface area contributed by atoms with Gasteiger partial charge in [-0.1, -0.05) is 36.9 Å². The monoisotopic (exact) mass is 294 g/mol. The largest absolute Gasteiger partial charge is 0.489 e. The van der Waals surface area contributed by atoms with Gasteiger partial charge >= 0.3 is 0 Å². The molecule has 2 heterocycles. The number of ketones is 1. The second-order valence-corrected chi connectivity index (χ2v) is 5.45. The molecule has 3 nitrogen and oxygen atoms in total. The summed E-state index contributed by atoms with van der Waals surface area (Å²) < 4.78 is 11.5. The molecule has 1 aromatic carbocycles. The smallest absolute Gasteiger partial charge is 0.160 e. The van der Waals surface area contributed by atoms with Gasteiger partial charge < -0.3 is 9.15 Å². The molecule has 0 spiro atoms. The highest BCUT2D eigenvalue weighted by atomic mass is 16.5. The molecule has 1 aliphatic rings. The van der Waals surface area contributed by atoms with Crippen molar-refractivity contribution in [2.45, 2.75) is 25.9 Å². The zero-order valence-electron chi connectivity index (χ0n) is 12.7. The first kappa shape index (κ1) is 14.4. The van der Waals surface area contributed by atoms with Crippen molar-refractivity contribution in [2.24, 2.45) is 0 Å². The van der Waals surface area contributed by atoms with Crippen LogP contribution in [0.15, 0.2) is 71.1 Å². The van der Waals surface area contributed by atoms with Crippen LogP contribution in [-0.4, -0.2) is 11.9 Å². The van der Waals surface area contributed by atoms with Gasteiger partial charge in [-0.25, -0.2) is 0 Å². The number of Topliss-reactive ketones (excluding diaryl/α,β-unsaturated/α-hetero) is 1. The van der Waals surface area contributed by atoms with Gasteiger partial charge in [-0.3, -0.25) is 4.79 Å². The molecule has 0 saturated heterocycles. The first-order valence-electron chi connectivity index (χ1n) is 7.25. The molecule has 0 N–H and O–H groups in total. The van der Waals surface area contributed by atoms with Crippen LogP contribution in [0.3, 0.4) is 0 Å². The Bertz CT molecular complexity index is 723. The van der Waals surface area contributed by atoms with Gasteiger partial charge in [0.25, 0.3) is 0 Å². The SMILES string of the molecule is C=C(c1ccccc1)[C@H]1OC(C)=C(C(C)=O)[C@@H]1c1ccco1. The molecule has 0 saturated carbocycles. The van der Waals surface area contributed by atoms with E-state index in [2.05, 4.69) is 6.58 Å². The summed E-state index contributed by atoms with van der Waals surface area (Å²) in [5.74, 6) is 1.13. The molecule has 3 rings (SSSR count). The molecule has 1 aromatic heterocycles. The zero-order valence-corrected chi connectivity index (χ0v) is 12.7. The summed E-state index contributed by atoms with van der Waals surface area (Å²) >= 11 is 0. The summed E-state index contributed by atoms with van der Waals surface area (Å²) in [5.41, 5.74) is 2.51. The molecule has 2 aromatic rings. The number of furan rings is 1. The van der Waals surface area contributed by atoms with E-state index in [4.69, 9.17) is 9.15 Å². The van der Waals surface area contributed by atoms with Crippen LogP contribution in [-0.2, 0) is 9.53 Å². The van der Waals surface area contributed by atoms with E-state index >= 15 is 0 Å². The van der Waals surface area contributed by atoms with Gasteiger partial charge in [0.2, 0.25) is 0 Å². The van der Waals surface area contributed by atoms with E-state index < -0.39 is 0 Å². The summed E-state index contributed by atoms with van der Waals surface area (Å²) in [6.45, 7) is 7.58. The molecule has 0 radical (unpaired) electrons. The van der Waals surface area contributed by atoms with Gasteiger partial charge in [0.05, 0.1) is 12.2 Å². The van der Waals surface area contributed by atoms with Gasteiger partial charge in [0.1, 0.15) is 17.6 Å². The molecule has 2 atom stereocenters. The van der Waals surface area contributed by atoms with Crippen LogP contribution >= 0.6 is 0 Å². The van der Waals surface area contributed by atoms with E-state index in [1.807, 2.05) is 49.4 Å². The van der Waals surface area contributed by atoms with Crippen LogP contribution in [0.25, 0.3) is 5.57 Å². The fourth-order valence-corrected chi connectivity index (χ4v) is 3.01. The molecule has 0 amide bonds. The Morgan fingerprint density at radius 1 is 1.14 bits per heavy atom. The second kappa shape index (κ2) is 5.68. The normalized spacial score (nSPS) is 20.8. The topological polar surface area (TPSA) is 39.4 Å². The molecular formula is C19H18O3. The van der Waals surface area contributed by atoms with Gasteiger partial charge in [-0.05, 0) is 37.1 Å². The van der Waals surface area contributed by atoms with Gasteiger partial charge in [-0.15, -0.1) is 0 Å². The molecule has 1 aliphatic heterocycles. The van der Waals surface area contributed by atoms with Gasteiger partial charge in [0, 0.05) is 5.57 Å². The summed E-state index contributed by atoms with van der Waals surface area (Å²) in [4.78, 5) is 12.1. The molecule has 0 bridgehead atoms. The van der Waals surface area contributed by atoms with E-state index in [1.54, 1.807) is 13.2 Å². The molecule has 3 heteroatoms. The quantitative estimate of drug-likeness (QED) is 0.842. The van der Waals surface area contributed by atoms with Crippen molar-refractivity contribution in [2.75, 3.05) is 0 Å². The number of allylic oxidation sites excluding steroid dienone is 1. The molecule has 0 fully saturated rings. The van der Waals surface area contributed by atoms with E-state index in [0.717, 1.165) is 16.9 Å². The average Bonchev–Trinajstić information content (AvgIpc) is 3.14. The van der Waals surface area contributed by atoms with Crippen molar-refractivity contribution >= 4 is 11.4 Å². The minimum atomic E-state index is -0.326. The van der Waals surface area contributed by atoms with E-state index in [-0.39, 0.29) is 17.8 Å². The lowest BCUT2D eigenvalue weighted by molar-refractivity contribution is -0.113. The fourth-order valence-electron chi connectivity index (χ4n) is 3.01. The lowest BCUT2D eigenvalue weighted by Crippen LogP contribution is -2.20. The Hall–Kier alpha value is -2.55. The van der Waals surface area contributed by atoms with Crippen molar-refractivity contribution in [1.29, 1.82) is 0 Å². The number of ether oxygens (including phenoxy) is 1. The third kappa shape index (κ3) is 2.39. The van der Waals surface area contributed by atoms with Gasteiger partial charge in [0.15, 0.2) is 5.78 Å². The van der Waals surface area contributed by atoms with Crippen molar-refractivity contribution < 1.29 is 13.9 Å². The van der Waals surface area contributed by atoms with Crippen LogP contribution in [0.5, 0.6) is 0 Å². The fraction of sp³-hybridized carbons (Fsp3) is 0.211. The highest BCUT2D eigenvalue weighted by molar-refractivity contribution is 5.96. The Kier molecular flexibility index (Phi) is 3.72. The third-order valence-electron chi connectivity index (χ3n) is 4.01. The molecule has 22 heavy (non-hydrogen) atoms. The van der Waals surface area contributed by atoms with Crippen molar-refractivity contribution in [3.63, 3.8) is 0 Å². The number of carbonyl (C=O) groups is 1. The second-order valence-electron chi connectivity index (χ2n) is 5.45. The van der Waals surface area contributed by atoms with E-state index in [9.17, 15) is 4.79 Å². The van der Waals surface area contributed by atoms with Crippen LogP contribution in [0.4, 0.5) is 0 Å². The first-order chi connectivity index (χ1) is 10.6. The van der Waals surface area contributed by atoms with Crippen LogP contribution < -0.4 is 0 Å². The Morgan fingerprint density at radius 2 is 1.86 bits per heavy atom.